The van der Waals surface area contributed by atoms with Gasteiger partial charge < -0.3 is 14.4 Å². The topological polar surface area (TPSA) is 11.4 Å². The van der Waals surface area contributed by atoms with Gasteiger partial charge in [0.2, 0.25) is 0 Å². The largest absolute Gasteiger partial charge is 0.310 e. The highest BCUT2D eigenvalue weighted by Gasteiger charge is 2.40. The van der Waals surface area contributed by atoms with Gasteiger partial charge in [0.15, 0.2) is 0 Å². The Bertz CT molecular complexity index is 3530. The minimum absolute atomic E-state index is 0.287. The fraction of sp³-hybridized carbons (Fsp3) is 0.0909. The van der Waals surface area contributed by atoms with Crippen molar-refractivity contribution in [2.45, 2.75) is 38.5 Å². The van der Waals surface area contributed by atoms with Crippen molar-refractivity contribution in [3.63, 3.8) is 0 Å². The van der Waals surface area contributed by atoms with Crippen LogP contribution in [0.25, 0.3) is 60.9 Å². The van der Waals surface area contributed by atoms with Crippen LogP contribution in [0.3, 0.4) is 0 Å². The van der Waals surface area contributed by atoms with Gasteiger partial charge in [-0.25, -0.2) is 0 Å². The van der Waals surface area contributed by atoms with Crippen LogP contribution < -0.4 is 9.80 Å². The van der Waals surface area contributed by atoms with Crippen LogP contribution in [0, 0.1) is 0 Å². The minimum Gasteiger partial charge on any atom is -0.310 e. The van der Waals surface area contributed by atoms with Crippen molar-refractivity contribution in [1.29, 1.82) is 0 Å². The average molecular weight is 886 g/mol. The second kappa shape index (κ2) is 15.6. The molecule has 3 heterocycles. The van der Waals surface area contributed by atoms with Gasteiger partial charge in [-0.3, -0.25) is 0 Å². The van der Waals surface area contributed by atoms with E-state index in [1.54, 1.807) is 0 Å². The molecule has 0 saturated heterocycles. The summed E-state index contributed by atoms with van der Waals surface area (Å²) >= 11 is 0. The van der Waals surface area contributed by atoms with Crippen LogP contribution in [-0.2, 0) is 10.8 Å². The van der Waals surface area contributed by atoms with Crippen LogP contribution in [-0.4, -0.2) is 4.57 Å². The van der Waals surface area contributed by atoms with Gasteiger partial charge in [-0.1, -0.05) is 191 Å². The summed E-state index contributed by atoms with van der Waals surface area (Å²) < 4.78 is 2.53. The molecule has 10 aromatic carbocycles. The molecule has 0 saturated carbocycles. The maximum atomic E-state index is 2.53. The first-order valence-electron chi connectivity index (χ1n) is 24.2. The number of hydrogen-bond acceptors (Lipinski definition) is 2. The number of fused-ring (bicyclic) bond motifs is 7. The van der Waals surface area contributed by atoms with E-state index in [4.69, 9.17) is 0 Å². The summed E-state index contributed by atoms with van der Waals surface area (Å²) in [6, 6.07) is 87.4. The normalized spacial score (nSPS) is 14.3. The lowest BCUT2D eigenvalue weighted by Gasteiger charge is -2.42. The standard InChI is InChI=1S/C66H51N3/c1-65(2)55-24-14-16-26-59(55)67(50-34-28-47(29-35-50)44-18-8-5-9-19-44)63-40-53-54-41-64-58(43-62(54)69(61(53)42-57(63)65)52-38-32-49(33-39-52)46-22-12-7-13-23-46)66(3,4)56-25-15-17-27-60(56)68(64)51-36-30-48(31-37-51)45-20-10-6-11-21-45/h5-43H,1-4H3. The highest BCUT2D eigenvalue weighted by molar-refractivity contribution is 6.14. The smallest absolute Gasteiger partial charge is 0.0545 e. The molecule has 11 aromatic rings. The van der Waals surface area contributed by atoms with Gasteiger partial charge in [0, 0.05) is 38.7 Å². The molecule has 0 aliphatic carbocycles. The molecule has 3 heteroatoms. The number of benzene rings is 10. The van der Waals surface area contributed by atoms with Crippen molar-refractivity contribution < 1.29 is 0 Å². The maximum Gasteiger partial charge on any atom is 0.0545 e. The maximum absolute atomic E-state index is 2.53. The van der Waals surface area contributed by atoms with E-state index >= 15 is 0 Å². The SMILES string of the molecule is CC1(C)c2ccccc2N(c2ccc(-c3ccccc3)cc2)c2cc3c4cc5c(cc4n(-c4ccc(-c6ccccc6)cc4)c3cc21)C(C)(C)c1ccccc1N5c1ccc(-c2ccccc2)cc1. The molecule has 2 aliphatic heterocycles. The first-order chi connectivity index (χ1) is 33.7. The van der Waals surface area contributed by atoms with Gasteiger partial charge >= 0.3 is 0 Å². The fourth-order valence-electron chi connectivity index (χ4n) is 11.5. The minimum atomic E-state index is -0.287. The van der Waals surface area contributed by atoms with Crippen LogP contribution in [0.1, 0.15) is 49.9 Å². The number of nitrogens with zero attached hydrogens (tertiary/aromatic N) is 3. The molecule has 0 fully saturated rings. The Morgan fingerprint density at radius 2 is 0.565 bits per heavy atom. The monoisotopic (exact) mass is 885 g/mol. The quantitative estimate of drug-likeness (QED) is 0.165. The van der Waals surface area contributed by atoms with E-state index in [0.29, 0.717) is 0 Å². The Balaban J connectivity index is 1.08. The lowest BCUT2D eigenvalue weighted by atomic mass is 9.73. The van der Waals surface area contributed by atoms with Crippen LogP contribution in [0.5, 0.6) is 0 Å². The Kier molecular flexibility index (Phi) is 9.22. The van der Waals surface area contributed by atoms with Crippen LogP contribution in [0.15, 0.2) is 237 Å². The van der Waals surface area contributed by atoms with E-state index < -0.39 is 0 Å². The molecule has 0 radical (unpaired) electrons. The third-order valence-corrected chi connectivity index (χ3v) is 15.2. The van der Waals surface area contributed by atoms with Crippen molar-refractivity contribution in [2.75, 3.05) is 9.80 Å². The summed E-state index contributed by atoms with van der Waals surface area (Å²) in [5, 5.41) is 2.44. The number of aromatic nitrogens is 1. The summed E-state index contributed by atoms with van der Waals surface area (Å²) in [6.07, 6.45) is 0. The second-order valence-electron chi connectivity index (χ2n) is 19.8. The van der Waals surface area contributed by atoms with Crippen LogP contribution in [0.2, 0.25) is 0 Å². The van der Waals surface area contributed by atoms with E-state index in [9.17, 15) is 0 Å². The summed E-state index contributed by atoms with van der Waals surface area (Å²) in [5.74, 6) is 0. The number of hydrogen-bond donors (Lipinski definition) is 0. The molecular weight excluding hydrogens is 835 g/mol. The van der Waals surface area contributed by atoms with Crippen molar-refractivity contribution in [2.24, 2.45) is 0 Å². The van der Waals surface area contributed by atoms with E-state index in [1.165, 1.54) is 100 Å². The highest BCUT2D eigenvalue weighted by Crippen LogP contribution is 2.57. The van der Waals surface area contributed by atoms with Crippen molar-refractivity contribution in [1.82, 2.24) is 4.57 Å². The molecule has 3 nitrogen and oxygen atoms in total. The van der Waals surface area contributed by atoms with Gasteiger partial charge in [-0.05, 0) is 128 Å². The van der Waals surface area contributed by atoms with Crippen molar-refractivity contribution >= 4 is 55.9 Å². The van der Waals surface area contributed by atoms with E-state index in [0.717, 1.165) is 17.1 Å². The molecule has 0 unspecified atom stereocenters. The summed E-state index contributed by atoms with van der Waals surface area (Å²) in [5.41, 5.74) is 22.5. The molecule has 1 aromatic heterocycles. The first kappa shape index (κ1) is 40.8. The number of para-hydroxylation sites is 2. The van der Waals surface area contributed by atoms with E-state index in [-0.39, 0.29) is 10.8 Å². The Morgan fingerprint density at radius 3 is 0.928 bits per heavy atom. The molecule has 0 N–H and O–H groups in total. The summed E-state index contributed by atoms with van der Waals surface area (Å²) in [7, 11) is 0. The molecular formula is C66H51N3. The third-order valence-electron chi connectivity index (χ3n) is 15.2. The van der Waals surface area contributed by atoms with Crippen LogP contribution in [0.4, 0.5) is 34.1 Å². The van der Waals surface area contributed by atoms with Gasteiger partial charge in [-0.15, -0.1) is 0 Å². The molecule has 2 aliphatic rings. The van der Waals surface area contributed by atoms with Gasteiger partial charge in [0.05, 0.1) is 33.8 Å². The molecule has 0 bridgehead atoms. The number of rotatable bonds is 6. The summed E-state index contributed by atoms with van der Waals surface area (Å²) in [6.45, 7) is 9.58. The van der Waals surface area contributed by atoms with E-state index in [1.807, 2.05) is 0 Å². The molecule has 0 amide bonds. The predicted molar refractivity (Wildman–Crippen MR) is 291 cm³/mol. The van der Waals surface area contributed by atoms with Gasteiger partial charge in [0.1, 0.15) is 0 Å². The van der Waals surface area contributed by atoms with Crippen molar-refractivity contribution in [3.05, 3.63) is 259 Å². The van der Waals surface area contributed by atoms with Gasteiger partial charge in [-0.2, -0.15) is 0 Å². The zero-order valence-corrected chi connectivity index (χ0v) is 39.4. The molecule has 0 spiro atoms. The highest BCUT2D eigenvalue weighted by atomic mass is 15.2. The van der Waals surface area contributed by atoms with E-state index in [2.05, 4.69) is 279 Å². The third kappa shape index (κ3) is 6.41. The van der Waals surface area contributed by atoms with Gasteiger partial charge in [0.25, 0.3) is 0 Å². The number of anilines is 6. The Hall–Kier alpha value is -8.40. The van der Waals surface area contributed by atoms with Crippen molar-refractivity contribution in [3.8, 4) is 39.1 Å². The molecule has 330 valence electrons. The Labute approximate surface area is 404 Å². The average Bonchev–Trinajstić information content (AvgIpc) is 3.71. The molecule has 0 atom stereocenters. The van der Waals surface area contributed by atoms with Crippen LogP contribution >= 0.6 is 0 Å². The zero-order valence-electron chi connectivity index (χ0n) is 39.4. The fourth-order valence-corrected chi connectivity index (χ4v) is 11.5. The lowest BCUT2D eigenvalue weighted by Crippen LogP contribution is -2.30. The second-order valence-corrected chi connectivity index (χ2v) is 19.8. The molecule has 69 heavy (non-hydrogen) atoms. The Morgan fingerprint density at radius 1 is 0.261 bits per heavy atom. The summed E-state index contributed by atoms with van der Waals surface area (Å²) in [4.78, 5) is 5.00. The first-order valence-corrected chi connectivity index (χ1v) is 24.2. The predicted octanol–water partition coefficient (Wildman–Crippen LogP) is 18.0. The lowest BCUT2D eigenvalue weighted by molar-refractivity contribution is 0.632. The molecule has 13 rings (SSSR count). The zero-order chi connectivity index (χ0) is 46.4.